The maximum Gasteiger partial charge on any atom is 0.00220 e. The summed E-state index contributed by atoms with van der Waals surface area (Å²) in [5, 5.41) is 4.08. The molecule has 0 bridgehead atoms. The van der Waals surface area contributed by atoms with Crippen LogP contribution in [0.2, 0.25) is 0 Å². The van der Waals surface area contributed by atoms with E-state index in [1.165, 1.54) is 32.5 Å². The van der Waals surface area contributed by atoms with Gasteiger partial charge >= 0.3 is 0 Å². The number of hydrogen-bond acceptors (Lipinski definition) is 2. The van der Waals surface area contributed by atoms with Crippen LogP contribution in [0.1, 0.15) is 43.4 Å². The Labute approximate surface area is 133 Å². The van der Waals surface area contributed by atoms with Gasteiger partial charge in [0, 0.05) is 13.1 Å². The van der Waals surface area contributed by atoms with Crippen LogP contribution in [0.5, 0.6) is 0 Å². The summed E-state index contributed by atoms with van der Waals surface area (Å²) >= 11 is 1.71. The van der Waals surface area contributed by atoms with Gasteiger partial charge in [-0.1, -0.05) is 51.1 Å². The predicted molar refractivity (Wildman–Crippen MR) is 94.4 cm³/mol. The summed E-state index contributed by atoms with van der Waals surface area (Å²) in [5.74, 6) is 0.656. The van der Waals surface area contributed by atoms with E-state index in [0.29, 0.717) is 5.92 Å². The van der Waals surface area contributed by atoms with Gasteiger partial charge in [0.15, 0.2) is 0 Å². The molecule has 3 rings (SSSR count). The van der Waals surface area contributed by atoms with E-state index in [9.17, 15) is 0 Å². The number of nitrogens with zero attached hydrogens (tertiary/aromatic N) is 1. The molecule has 0 saturated carbocycles. The lowest BCUT2D eigenvalue weighted by molar-refractivity contribution is 0.303. The molecule has 2 aromatic rings. The SMILES string of the molecule is CCN1CCc2cccc(C(C)C)c2CC1.c1ccsc1. The molecule has 0 radical (unpaired) electrons. The van der Waals surface area contributed by atoms with E-state index in [1.54, 1.807) is 28.0 Å². The second kappa shape index (κ2) is 8.35. The van der Waals surface area contributed by atoms with Crippen LogP contribution >= 0.6 is 11.3 Å². The maximum atomic E-state index is 2.56. The fraction of sp³-hybridized carbons (Fsp3) is 0.474. The molecule has 114 valence electrons. The molecule has 0 atom stereocenters. The molecule has 0 spiro atoms. The molecule has 1 aliphatic rings. The minimum atomic E-state index is 0.656. The van der Waals surface area contributed by atoms with Crippen molar-refractivity contribution in [1.29, 1.82) is 0 Å². The van der Waals surface area contributed by atoms with Gasteiger partial charge in [-0.05, 0) is 52.8 Å². The van der Waals surface area contributed by atoms with Crippen molar-refractivity contribution in [3.63, 3.8) is 0 Å². The zero-order valence-electron chi connectivity index (χ0n) is 13.5. The highest BCUT2D eigenvalue weighted by Crippen LogP contribution is 2.25. The van der Waals surface area contributed by atoms with Crippen molar-refractivity contribution in [2.75, 3.05) is 19.6 Å². The van der Waals surface area contributed by atoms with Crippen LogP contribution in [0.15, 0.2) is 41.1 Å². The Morgan fingerprint density at radius 2 is 1.76 bits per heavy atom. The fourth-order valence-corrected chi connectivity index (χ4v) is 3.39. The lowest BCUT2D eigenvalue weighted by atomic mass is 9.91. The number of hydrogen-bond donors (Lipinski definition) is 0. The highest BCUT2D eigenvalue weighted by Gasteiger charge is 2.16. The van der Waals surface area contributed by atoms with Crippen LogP contribution in [0.4, 0.5) is 0 Å². The Bertz CT molecular complexity index is 499. The fourth-order valence-electron chi connectivity index (χ4n) is 2.94. The zero-order chi connectivity index (χ0) is 15.1. The van der Waals surface area contributed by atoms with Crippen LogP contribution < -0.4 is 0 Å². The van der Waals surface area contributed by atoms with E-state index < -0.39 is 0 Å². The largest absolute Gasteiger partial charge is 0.303 e. The van der Waals surface area contributed by atoms with Gasteiger partial charge in [-0.25, -0.2) is 0 Å². The van der Waals surface area contributed by atoms with Gasteiger partial charge in [0.05, 0.1) is 0 Å². The molecule has 0 fully saturated rings. The van der Waals surface area contributed by atoms with Crippen LogP contribution in [0, 0.1) is 0 Å². The molecule has 1 aromatic carbocycles. The lowest BCUT2D eigenvalue weighted by Gasteiger charge is -2.17. The normalized spacial score (nSPS) is 15.0. The van der Waals surface area contributed by atoms with Crippen molar-refractivity contribution in [2.45, 2.75) is 39.5 Å². The van der Waals surface area contributed by atoms with E-state index in [1.807, 2.05) is 22.9 Å². The second-order valence-corrected chi connectivity index (χ2v) is 6.68. The molecule has 1 aliphatic heterocycles. The molecule has 1 aromatic heterocycles. The Kier molecular flexibility index (Phi) is 6.47. The van der Waals surface area contributed by atoms with Gasteiger partial charge in [-0.3, -0.25) is 0 Å². The molecule has 0 N–H and O–H groups in total. The van der Waals surface area contributed by atoms with Crippen molar-refractivity contribution in [3.05, 3.63) is 57.8 Å². The van der Waals surface area contributed by atoms with Crippen LogP contribution in [-0.2, 0) is 12.8 Å². The monoisotopic (exact) mass is 301 g/mol. The predicted octanol–water partition coefficient (Wildman–Crippen LogP) is 4.98. The summed E-state index contributed by atoms with van der Waals surface area (Å²) < 4.78 is 0. The Morgan fingerprint density at radius 3 is 2.33 bits per heavy atom. The van der Waals surface area contributed by atoms with Crippen molar-refractivity contribution in [3.8, 4) is 0 Å². The summed E-state index contributed by atoms with van der Waals surface area (Å²) in [6.45, 7) is 10.5. The molecule has 0 aliphatic carbocycles. The summed E-state index contributed by atoms with van der Waals surface area (Å²) in [6.07, 6.45) is 2.46. The Morgan fingerprint density at radius 1 is 1.05 bits per heavy atom. The van der Waals surface area contributed by atoms with Gasteiger partial charge in [-0.2, -0.15) is 11.3 Å². The van der Waals surface area contributed by atoms with E-state index in [4.69, 9.17) is 0 Å². The van der Waals surface area contributed by atoms with E-state index in [0.717, 1.165) is 0 Å². The molecule has 0 unspecified atom stereocenters. The molecular weight excluding hydrogens is 274 g/mol. The summed E-state index contributed by atoms with van der Waals surface area (Å²) in [7, 11) is 0. The first-order chi connectivity index (χ1) is 10.2. The number of fused-ring (bicyclic) bond motifs is 1. The first-order valence-corrected chi connectivity index (χ1v) is 8.96. The number of benzene rings is 1. The van der Waals surface area contributed by atoms with E-state index in [-0.39, 0.29) is 0 Å². The quantitative estimate of drug-likeness (QED) is 0.756. The van der Waals surface area contributed by atoms with Gasteiger partial charge < -0.3 is 4.90 Å². The van der Waals surface area contributed by atoms with Crippen molar-refractivity contribution < 1.29 is 0 Å². The third-order valence-electron chi connectivity index (χ3n) is 4.18. The number of thiophene rings is 1. The smallest absolute Gasteiger partial charge is 0.00220 e. The number of rotatable bonds is 2. The third-order valence-corrected chi connectivity index (χ3v) is 4.81. The zero-order valence-corrected chi connectivity index (χ0v) is 14.3. The van der Waals surface area contributed by atoms with Gasteiger partial charge in [0.25, 0.3) is 0 Å². The first kappa shape index (κ1) is 16.3. The standard InChI is InChI=1S/C15H23N.C4H4S/c1-4-16-10-8-13-6-5-7-14(12(2)3)15(13)9-11-16;1-2-4-5-3-1/h5-7,12H,4,8-11H2,1-3H3;1-4H. The summed E-state index contributed by atoms with van der Waals surface area (Å²) in [5.41, 5.74) is 4.78. The van der Waals surface area contributed by atoms with E-state index >= 15 is 0 Å². The molecule has 0 saturated heterocycles. The second-order valence-electron chi connectivity index (χ2n) is 5.87. The van der Waals surface area contributed by atoms with Crippen LogP contribution in [0.25, 0.3) is 0 Å². The molecule has 21 heavy (non-hydrogen) atoms. The molecule has 0 amide bonds. The van der Waals surface area contributed by atoms with Crippen LogP contribution in [0.3, 0.4) is 0 Å². The molecule has 1 nitrogen and oxygen atoms in total. The summed E-state index contributed by atoms with van der Waals surface area (Å²) in [4.78, 5) is 2.56. The number of likely N-dealkylation sites (N-methyl/N-ethyl adjacent to an activating group) is 1. The Hall–Kier alpha value is -1.12. The van der Waals surface area contributed by atoms with Gasteiger partial charge in [0.2, 0.25) is 0 Å². The van der Waals surface area contributed by atoms with Crippen molar-refractivity contribution >= 4 is 11.3 Å². The minimum absolute atomic E-state index is 0.656. The lowest BCUT2D eigenvalue weighted by Crippen LogP contribution is -2.25. The average Bonchev–Trinajstić information content (AvgIpc) is 3.00. The third kappa shape index (κ3) is 4.69. The highest BCUT2D eigenvalue weighted by molar-refractivity contribution is 7.07. The topological polar surface area (TPSA) is 3.24 Å². The van der Waals surface area contributed by atoms with Crippen LogP contribution in [-0.4, -0.2) is 24.5 Å². The Balaban J connectivity index is 0.000000272. The maximum absolute atomic E-state index is 2.56. The van der Waals surface area contributed by atoms with Gasteiger partial charge in [0.1, 0.15) is 0 Å². The first-order valence-electron chi connectivity index (χ1n) is 8.02. The molecule has 2 heterocycles. The average molecular weight is 301 g/mol. The minimum Gasteiger partial charge on any atom is -0.303 e. The molecule has 2 heteroatoms. The van der Waals surface area contributed by atoms with E-state index in [2.05, 4.69) is 43.9 Å². The highest BCUT2D eigenvalue weighted by atomic mass is 32.1. The van der Waals surface area contributed by atoms with Gasteiger partial charge in [-0.15, -0.1) is 0 Å². The summed E-state index contributed by atoms with van der Waals surface area (Å²) in [6, 6.07) is 10.9. The van der Waals surface area contributed by atoms with Crippen molar-refractivity contribution in [1.82, 2.24) is 4.90 Å². The van der Waals surface area contributed by atoms with Crippen molar-refractivity contribution in [2.24, 2.45) is 0 Å². The molecular formula is C19H27NS.